The van der Waals surface area contributed by atoms with E-state index in [-0.39, 0.29) is 17.4 Å². The zero-order valence-electron chi connectivity index (χ0n) is 10.2. The number of alkyl halides is 3. The molecule has 0 aliphatic rings. The number of anilines is 2. The summed E-state index contributed by atoms with van der Waals surface area (Å²) >= 11 is 0. The second-order valence-corrected chi connectivity index (χ2v) is 4.00. The second-order valence-electron chi connectivity index (χ2n) is 4.00. The van der Waals surface area contributed by atoms with E-state index in [4.69, 9.17) is 9.52 Å². The molecule has 2 N–H and O–H groups in total. The average molecular weight is 286 g/mol. The molecule has 0 atom stereocenters. The second kappa shape index (κ2) is 4.87. The molecule has 2 aromatic rings. The van der Waals surface area contributed by atoms with Gasteiger partial charge in [-0.05, 0) is 24.6 Å². The molecule has 0 bridgehead atoms. The van der Waals surface area contributed by atoms with Crippen LogP contribution in [-0.4, -0.2) is 16.1 Å². The van der Waals surface area contributed by atoms with Crippen LogP contribution in [-0.2, 0) is 6.18 Å². The Kier molecular flexibility index (Phi) is 3.39. The number of oxazole rings is 1. The van der Waals surface area contributed by atoms with E-state index in [9.17, 15) is 18.0 Å². The van der Waals surface area contributed by atoms with Gasteiger partial charge in [-0.3, -0.25) is 0 Å². The van der Waals surface area contributed by atoms with Crippen LogP contribution in [0.5, 0.6) is 0 Å². The number of aromatic nitrogens is 1. The van der Waals surface area contributed by atoms with Crippen LogP contribution in [0.3, 0.4) is 0 Å². The number of nitrogens with one attached hydrogen (secondary N) is 1. The maximum absolute atomic E-state index is 12.6. The first-order valence-corrected chi connectivity index (χ1v) is 5.41. The third-order valence-electron chi connectivity index (χ3n) is 2.53. The highest BCUT2D eigenvalue weighted by molar-refractivity contribution is 5.85. The minimum Gasteiger partial charge on any atom is -0.476 e. The molecule has 0 unspecified atom stereocenters. The van der Waals surface area contributed by atoms with Crippen molar-refractivity contribution in [2.24, 2.45) is 0 Å². The summed E-state index contributed by atoms with van der Waals surface area (Å²) in [6, 6.07) is 2.97. The van der Waals surface area contributed by atoms with Crippen LogP contribution in [0.1, 0.15) is 21.6 Å². The standard InChI is InChI=1S/C12H9F3N2O3/c1-6-2-3-7(12(13,14)15)4-8(6)16-11-17-9(5-20-11)10(18)19/h2-5H,1H3,(H,16,17)(H,18,19). The van der Waals surface area contributed by atoms with E-state index in [0.717, 1.165) is 18.4 Å². The number of benzene rings is 1. The molecular formula is C12H9F3N2O3. The van der Waals surface area contributed by atoms with Gasteiger partial charge < -0.3 is 14.8 Å². The van der Waals surface area contributed by atoms with Gasteiger partial charge in [0.1, 0.15) is 6.26 Å². The summed E-state index contributed by atoms with van der Waals surface area (Å²) < 4.78 is 42.6. The highest BCUT2D eigenvalue weighted by Gasteiger charge is 2.30. The molecule has 0 saturated carbocycles. The van der Waals surface area contributed by atoms with Crippen molar-refractivity contribution in [1.29, 1.82) is 0 Å². The number of halogens is 3. The first-order valence-electron chi connectivity index (χ1n) is 5.41. The lowest BCUT2D eigenvalue weighted by Crippen LogP contribution is -2.06. The number of carboxylic acids is 1. The molecule has 20 heavy (non-hydrogen) atoms. The van der Waals surface area contributed by atoms with Gasteiger partial charge in [0.15, 0.2) is 5.69 Å². The molecule has 0 fully saturated rings. The zero-order chi connectivity index (χ0) is 14.9. The van der Waals surface area contributed by atoms with E-state index in [2.05, 4.69) is 10.3 Å². The molecule has 0 spiro atoms. The normalized spacial score (nSPS) is 11.4. The van der Waals surface area contributed by atoms with E-state index in [0.29, 0.717) is 5.56 Å². The summed E-state index contributed by atoms with van der Waals surface area (Å²) in [6.45, 7) is 1.60. The van der Waals surface area contributed by atoms with Gasteiger partial charge in [-0.15, -0.1) is 0 Å². The number of hydrogen-bond acceptors (Lipinski definition) is 4. The van der Waals surface area contributed by atoms with Crippen molar-refractivity contribution in [3.8, 4) is 0 Å². The smallest absolute Gasteiger partial charge is 0.416 e. The fourth-order valence-corrected chi connectivity index (χ4v) is 1.48. The van der Waals surface area contributed by atoms with Gasteiger partial charge >= 0.3 is 12.1 Å². The van der Waals surface area contributed by atoms with E-state index in [1.54, 1.807) is 6.92 Å². The largest absolute Gasteiger partial charge is 0.476 e. The molecule has 0 aliphatic carbocycles. The quantitative estimate of drug-likeness (QED) is 0.903. The summed E-state index contributed by atoms with van der Waals surface area (Å²) in [6.07, 6.45) is -3.57. The Morgan fingerprint density at radius 3 is 2.65 bits per heavy atom. The monoisotopic (exact) mass is 286 g/mol. The molecule has 0 aliphatic heterocycles. The molecule has 0 radical (unpaired) electrons. The molecule has 0 amide bonds. The van der Waals surface area contributed by atoms with Crippen molar-refractivity contribution < 1.29 is 27.5 Å². The fraction of sp³-hybridized carbons (Fsp3) is 0.167. The van der Waals surface area contributed by atoms with Crippen LogP contribution < -0.4 is 5.32 Å². The van der Waals surface area contributed by atoms with E-state index in [1.807, 2.05) is 0 Å². The highest BCUT2D eigenvalue weighted by Crippen LogP contribution is 2.32. The Labute approximate surface area is 111 Å². The van der Waals surface area contributed by atoms with Gasteiger partial charge in [-0.2, -0.15) is 18.2 Å². The predicted octanol–water partition coefficient (Wildman–Crippen LogP) is 3.44. The van der Waals surface area contributed by atoms with Crippen LogP contribution in [0, 0.1) is 6.92 Å². The van der Waals surface area contributed by atoms with Crippen molar-refractivity contribution in [2.45, 2.75) is 13.1 Å². The minimum atomic E-state index is -4.47. The molecule has 1 heterocycles. The van der Waals surface area contributed by atoms with Gasteiger partial charge in [0.2, 0.25) is 0 Å². The van der Waals surface area contributed by atoms with Crippen molar-refractivity contribution in [2.75, 3.05) is 5.32 Å². The van der Waals surface area contributed by atoms with E-state index in [1.165, 1.54) is 6.07 Å². The molecule has 1 aromatic heterocycles. The zero-order valence-corrected chi connectivity index (χ0v) is 10.2. The number of carboxylic acid groups (broad SMARTS) is 1. The van der Waals surface area contributed by atoms with E-state index < -0.39 is 17.7 Å². The Morgan fingerprint density at radius 1 is 1.40 bits per heavy atom. The molecule has 1 aromatic carbocycles. The summed E-state index contributed by atoms with van der Waals surface area (Å²) in [5, 5.41) is 11.2. The number of aromatic carboxylic acids is 1. The SMILES string of the molecule is Cc1ccc(C(F)(F)F)cc1Nc1nc(C(=O)O)co1. The van der Waals surface area contributed by atoms with Gasteiger partial charge in [0.05, 0.1) is 5.56 Å². The van der Waals surface area contributed by atoms with Gasteiger partial charge in [-0.25, -0.2) is 4.79 Å². The Hall–Kier alpha value is -2.51. The molecule has 106 valence electrons. The lowest BCUT2D eigenvalue weighted by atomic mass is 10.1. The van der Waals surface area contributed by atoms with Crippen LogP contribution in [0.25, 0.3) is 0 Å². The van der Waals surface area contributed by atoms with Crippen LogP contribution in [0.4, 0.5) is 24.9 Å². The number of rotatable bonds is 3. The summed E-state index contributed by atoms with van der Waals surface area (Å²) in [5.74, 6) is -1.29. The number of nitrogens with zero attached hydrogens (tertiary/aromatic N) is 1. The van der Waals surface area contributed by atoms with Crippen molar-refractivity contribution >= 4 is 17.7 Å². The van der Waals surface area contributed by atoms with Crippen molar-refractivity contribution in [3.63, 3.8) is 0 Å². The highest BCUT2D eigenvalue weighted by atomic mass is 19.4. The van der Waals surface area contributed by atoms with E-state index >= 15 is 0 Å². The third kappa shape index (κ3) is 2.90. The van der Waals surface area contributed by atoms with Crippen LogP contribution >= 0.6 is 0 Å². The van der Waals surface area contributed by atoms with Gasteiger partial charge in [0, 0.05) is 5.69 Å². The third-order valence-corrected chi connectivity index (χ3v) is 2.53. The van der Waals surface area contributed by atoms with Gasteiger partial charge in [0.25, 0.3) is 6.01 Å². The van der Waals surface area contributed by atoms with Crippen molar-refractivity contribution in [1.82, 2.24) is 4.98 Å². The summed E-state index contributed by atoms with van der Waals surface area (Å²) in [7, 11) is 0. The van der Waals surface area contributed by atoms with Crippen molar-refractivity contribution in [3.05, 3.63) is 41.3 Å². The van der Waals surface area contributed by atoms with Crippen LogP contribution in [0.15, 0.2) is 28.9 Å². The predicted molar refractivity (Wildman–Crippen MR) is 62.9 cm³/mol. The Bertz CT molecular complexity index is 650. The summed E-state index contributed by atoms with van der Waals surface area (Å²) in [4.78, 5) is 14.2. The fourth-order valence-electron chi connectivity index (χ4n) is 1.48. The topological polar surface area (TPSA) is 75.4 Å². The molecule has 0 saturated heterocycles. The average Bonchev–Trinajstić information content (AvgIpc) is 2.79. The number of hydrogen-bond donors (Lipinski definition) is 2. The van der Waals surface area contributed by atoms with Crippen LogP contribution in [0.2, 0.25) is 0 Å². The maximum Gasteiger partial charge on any atom is 0.416 e. The Balaban J connectivity index is 2.30. The maximum atomic E-state index is 12.6. The first-order chi connectivity index (χ1) is 9.27. The lowest BCUT2D eigenvalue weighted by molar-refractivity contribution is -0.137. The first kappa shape index (κ1) is 13.9. The molecule has 2 rings (SSSR count). The summed E-state index contributed by atoms with van der Waals surface area (Å²) in [5.41, 5.74) is -0.487. The lowest BCUT2D eigenvalue weighted by Gasteiger charge is -2.11. The minimum absolute atomic E-state index is 0.138. The number of aryl methyl sites for hydroxylation is 1. The van der Waals surface area contributed by atoms with Gasteiger partial charge in [-0.1, -0.05) is 6.07 Å². The number of carbonyl (C=O) groups is 1. The molecule has 5 nitrogen and oxygen atoms in total. The molecule has 8 heteroatoms. The molecular weight excluding hydrogens is 277 g/mol. The Morgan fingerprint density at radius 2 is 2.10 bits per heavy atom.